The highest BCUT2D eigenvalue weighted by molar-refractivity contribution is 8.18. The highest BCUT2D eigenvalue weighted by Crippen LogP contribution is 2.33. The summed E-state index contributed by atoms with van der Waals surface area (Å²) in [5.74, 6) is -0.343. The zero-order chi connectivity index (χ0) is 19.7. The van der Waals surface area contributed by atoms with E-state index in [1.54, 1.807) is 18.2 Å². The summed E-state index contributed by atoms with van der Waals surface area (Å²) in [4.78, 5) is 36.5. The van der Waals surface area contributed by atoms with Gasteiger partial charge in [-0.1, -0.05) is 12.1 Å². The fourth-order valence-corrected chi connectivity index (χ4v) is 3.84. The van der Waals surface area contributed by atoms with Gasteiger partial charge >= 0.3 is 0 Å². The minimum atomic E-state index is -0.436. The Hall–Kier alpha value is -3.13. The number of nitrogens with zero attached hydrogens (tertiary/aromatic N) is 3. The normalized spacial score (nSPS) is 15.6. The Morgan fingerprint density at radius 2 is 2.00 bits per heavy atom. The van der Waals surface area contributed by atoms with Gasteiger partial charge in [-0.2, -0.15) is 0 Å². The molecule has 3 rings (SSSR count). The topological polar surface area (TPSA) is 85.4 Å². The standard InChI is InChI=1S/C19H17N3O4S/c1-4-8-20-18(23)17(27-19(20)24)10-14-9-12(2)21(13(14)3)15-6-5-7-16(11-15)22(25)26/h4-7,9-11H,1,8H2,2-3H3/b17-10+. The van der Waals surface area contributed by atoms with Crippen LogP contribution < -0.4 is 0 Å². The van der Waals surface area contributed by atoms with Crippen molar-refractivity contribution >= 4 is 34.7 Å². The molecule has 1 aromatic heterocycles. The molecule has 27 heavy (non-hydrogen) atoms. The quantitative estimate of drug-likeness (QED) is 0.334. The first-order valence-corrected chi connectivity index (χ1v) is 8.95. The van der Waals surface area contributed by atoms with Crippen LogP contribution in [0.2, 0.25) is 0 Å². The maximum atomic E-state index is 12.4. The summed E-state index contributed by atoms with van der Waals surface area (Å²) in [5.41, 5.74) is 3.14. The predicted molar refractivity (Wildman–Crippen MR) is 105 cm³/mol. The summed E-state index contributed by atoms with van der Waals surface area (Å²) in [6.45, 7) is 7.48. The van der Waals surface area contributed by atoms with Crippen molar-refractivity contribution in [2.45, 2.75) is 13.8 Å². The van der Waals surface area contributed by atoms with E-state index < -0.39 is 4.92 Å². The van der Waals surface area contributed by atoms with E-state index in [1.165, 1.54) is 18.2 Å². The Morgan fingerprint density at radius 1 is 1.26 bits per heavy atom. The van der Waals surface area contributed by atoms with E-state index in [2.05, 4.69) is 6.58 Å². The van der Waals surface area contributed by atoms with Crippen molar-refractivity contribution in [3.63, 3.8) is 0 Å². The molecule has 2 heterocycles. The largest absolute Gasteiger partial charge is 0.318 e. The van der Waals surface area contributed by atoms with Gasteiger partial charge in [0, 0.05) is 30.1 Å². The van der Waals surface area contributed by atoms with Crippen molar-refractivity contribution in [1.82, 2.24) is 9.47 Å². The minimum absolute atomic E-state index is 0.00657. The Labute approximate surface area is 160 Å². The molecule has 1 saturated heterocycles. The van der Waals surface area contributed by atoms with Crippen molar-refractivity contribution in [2.75, 3.05) is 6.54 Å². The van der Waals surface area contributed by atoms with Crippen LogP contribution in [0.25, 0.3) is 11.8 Å². The number of aryl methyl sites for hydroxylation is 1. The molecule has 2 amide bonds. The molecule has 0 saturated carbocycles. The number of thioether (sulfide) groups is 1. The monoisotopic (exact) mass is 383 g/mol. The third kappa shape index (κ3) is 3.43. The number of carbonyl (C=O) groups excluding carboxylic acids is 2. The van der Waals surface area contributed by atoms with Crippen LogP contribution in [0.15, 0.2) is 47.9 Å². The van der Waals surface area contributed by atoms with E-state index in [1.807, 2.05) is 24.5 Å². The molecule has 138 valence electrons. The van der Waals surface area contributed by atoms with E-state index >= 15 is 0 Å². The molecule has 2 aromatic rings. The van der Waals surface area contributed by atoms with Crippen molar-refractivity contribution in [3.8, 4) is 5.69 Å². The molecule has 0 radical (unpaired) electrons. The first-order valence-electron chi connectivity index (χ1n) is 8.13. The van der Waals surface area contributed by atoms with Gasteiger partial charge in [-0.3, -0.25) is 24.6 Å². The molecule has 1 aliphatic rings. The average molecular weight is 383 g/mol. The lowest BCUT2D eigenvalue weighted by Gasteiger charge is -2.09. The van der Waals surface area contributed by atoms with E-state index in [-0.39, 0.29) is 23.4 Å². The summed E-state index contributed by atoms with van der Waals surface area (Å²) >= 11 is 0.895. The number of hydrogen-bond acceptors (Lipinski definition) is 5. The number of amides is 2. The van der Waals surface area contributed by atoms with Gasteiger partial charge in [0.05, 0.1) is 15.5 Å². The van der Waals surface area contributed by atoms with Crippen LogP contribution in [-0.2, 0) is 4.79 Å². The van der Waals surface area contributed by atoms with Gasteiger partial charge in [-0.25, -0.2) is 0 Å². The molecule has 1 aliphatic heterocycles. The number of nitro benzene ring substituents is 1. The average Bonchev–Trinajstić information content (AvgIpc) is 3.05. The van der Waals surface area contributed by atoms with Crippen LogP contribution in [-0.4, -0.2) is 32.1 Å². The van der Waals surface area contributed by atoms with Crippen LogP contribution in [0, 0.1) is 24.0 Å². The maximum Gasteiger partial charge on any atom is 0.293 e. The van der Waals surface area contributed by atoms with Gasteiger partial charge in [0.15, 0.2) is 0 Å². The lowest BCUT2D eigenvalue weighted by molar-refractivity contribution is -0.384. The minimum Gasteiger partial charge on any atom is -0.318 e. The van der Waals surface area contributed by atoms with Gasteiger partial charge in [-0.15, -0.1) is 6.58 Å². The summed E-state index contributed by atoms with van der Waals surface area (Å²) in [6, 6.07) is 8.24. The summed E-state index contributed by atoms with van der Waals surface area (Å²) in [6.07, 6.45) is 3.19. The summed E-state index contributed by atoms with van der Waals surface area (Å²) in [7, 11) is 0. The molecule has 1 fully saturated rings. The molecule has 0 N–H and O–H groups in total. The summed E-state index contributed by atoms with van der Waals surface area (Å²) in [5, 5.41) is 10.7. The fourth-order valence-electron chi connectivity index (χ4n) is 3.00. The molecule has 7 nitrogen and oxygen atoms in total. The molecule has 8 heteroatoms. The van der Waals surface area contributed by atoms with Crippen molar-refractivity contribution < 1.29 is 14.5 Å². The molecule has 0 atom stereocenters. The molecular formula is C19H17N3O4S. The third-order valence-electron chi connectivity index (χ3n) is 4.24. The SMILES string of the molecule is C=CCN1C(=O)S/C(=C/c2cc(C)n(-c3cccc([N+](=O)[O-])c3)c2C)C1=O. The van der Waals surface area contributed by atoms with Crippen LogP contribution in [0.4, 0.5) is 10.5 Å². The first kappa shape index (κ1) is 18.7. The lowest BCUT2D eigenvalue weighted by Crippen LogP contribution is -2.27. The zero-order valence-electron chi connectivity index (χ0n) is 14.8. The number of benzene rings is 1. The summed E-state index contributed by atoms with van der Waals surface area (Å²) < 4.78 is 1.88. The molecule has 0 aliphatic carbocycles. The lowest BCUT2D eigenvalue weighted by atomic mass is 10.2. The van der Waals surface area contributed by atoms with Crippen LogP contribution >= 0.6 is 11.8 Å². The molecular weight excluding hydrogens is 366 g/mol. The Balaban J connectivity index is 2.01. The van der Waals surface area contributed by atoms with E-state index in [0.29, 0.717) is 10.6 Å². The second kappa shape index (κ2) is 7.24. The van der Waals surface area contributed by atoms with Crippen LogP contribution in [0.3, 0.4) is 0 Å². The first-order chi connectivity index (χ1) is 12.8. The number of imide groups is 1. The molecule has 0 bridgehead atoms. The van der Waals surface area contributed by atoms with E-state index in [4.69, 9.17) is 0 Å². The molecule has 1 aromatic carbocycles. The second-order valence-electron chi connectivity index (χ2n) is 6.02. The van der Waals surface area contributed by atoms with E-state index in [0.717, 1.165) is 33.6 Å². The molecule has 0 spiro atoms. The van der Waals surface area contributed by atoms with Gasteiger partial charge in [0.1, 0.15) is 0 Å². The van der Waals surface area contributed by atoms with Crippen molar-refractivity contribution in [3.05, 3.63) is 75.0 Å². The number of nitro groups is 1. The number of carbonyl (C=O) groups is 2. The predicted octanol–water partition coefficient (Wildman–Crippen LogP) is 4.22. The Kier molecular flexibility index (Phi) is 5.00. The Bertz CT molecular complexity index is 1010. The van der Waals surface area contributed by atoms with Crippen molar-refractivity contribution in [1.29, 1.82) is 0 Å². The number of non-ortho nitro benzene ring substituents is 1. The maximum absolute atomic E-state index is 12.4. The van der Waals surface area contributed by atoms with Crippen LogP contribution in [0.5, 0.6) is 0 Å². The zero-order valence-corrected chi connectivity index (χ0v) is 15.7. The van der Waals surface area contributed by atoms with Gasteiger partial charge in [0.25, 0.3) is 16.8 Å². The molecule has 0 unspecified atom stereocenters. The fraction of sp³-hybridized carbons (Fsp3) is 0.158. The smallest absolute Gasteiger partial charge is 0.293 e. The van der Waals surface area contributed by atoms with Crippen molar-refractivity contribution in [2.24, 2.45) is 0 Å². The Morgan fingerprint density at radius 3 is 2.67 bits per heavy atom. The number of aromatic nitrogens is 1. The van der Waals surface area contributed by atoms with E-state index in [9.17, 15) is 19.7 Å². The highest BCUT2D eigenvalue weighted by atomic mass is 32.2. The highest BCUT2D eigenvalue weighted by Gasteiger charge is 2.34. The second-order valence-corrected chi connectivity index (χ2v) is 7.01. The van der Waals surface area contributed by atoms with Gasteiger partial charge in [0.2, 0.25) is 0 Å². The van der Waals surface area contributed by atoms with Gasteiger partial charge < -0.3 is 4.57 Å². The third-order valence-corrected chi connectivity index (χ3v) is 5.15. The number of rotatable bonds is 5. The number of hydrogen-bond donors (Lipinski definition) is 0. The van der Waals surface area contributed by atoms with Gasteiger partial charge in [-0.05, 0) is 49.4 Å². The van der Waals surface area contributed by atoms with Crippen LogP contribution in [0.1, 0.15) is 17.0 Å².